The fourth-order valence-corrected chi connectivity index (χ4v) is 3.14. The van der Waals surface area contributed by atoms with Crippen LogP contribution in [0.25, 0.3) is 17.0 Å². The molecule has 0 radical (unpaired) electrons. The number of benzene rings is 2. The van der Waals surface area contributed by atoms with Gasteiger partial charge in [-0.1, -0.05) is 36.4 Å². The van der Waals surface area contributed by atoms with E-state index in [1.165, 1.54) is 0 Å². The second-order valence-corrected chi connectivity index (χ2v) is 6.42. The average Bonchev–Trinajstić information content (AvgIpc) is 3.10. The molecule has 6 nitrogen and oxygen atoms in total. The van der Waals surface area contributed by atoms with Gasteiger partial charge in [0, 0.05) is 42.9 Å². The van der Waals surface area contributed by atoms with E-state index in [2.05, 4.69) is 11.4 Å². The minimum atomic E-state index is -0.434. The van der Waals surface area contributed by atoms with E-state index in [1.807, 2.05) is 59.3 Å². The van der Waals surface area contributed by atoms with Gasteiger partial charge in [0.25, 0.3) is 5.91 Å². The zero-order valence-electron chi connectivity index (χ0n) is 16.1. The first-order valence-corrected chi connectivity index (χ1v) is 9.12. The maximum Gasteiger partial charge on any atom is 0.262 e. The highest BCUT2D eigenvalue weighted by molar-refractivity contribution is 6.04. The number of nitrogens with one attached hydrogen (secondary N) is 1. The van der Waals surface area contributed by atoms with Crippen LogP contribution in [0, 0.1) is 22.7 Å². The highest BCUT2D eigenvalue weighted by Crippen LogP contribution is 2.25. The number of aromatic nitrogens is 1. The number of carbonyl (C=O) groups is 1. The molecule has 3 aromatic rings. The molecule has 29 heavy (non-hydrogen) atoms. The molecule has 0 aliphatic carbocycles. The lowest BCUT2D eigenvalue weighted by Gasteiger charge is -2.07. The third kappa shape index (κ3) is 4.52. The van der Waals surface area contributed by atoms with Crippen LogP contribution < -0.4 is 5.32 Å². The quantitative estimate of drug-likeness (QED) is 0.385. The number of methoxy groups -OCH3 is 1. The van der Waals surface area contributed by atoms with Crippen LogP contribution in [-0.4, -0.2) is 30.7 Å². The summed E-state index contributed by atoms with van der Waals surface area (Å²) in [6.07, 6.45) is 3.50. The number of carbonyl (C=O) groups excluding carboxylic acids is 1. The summed E-state index contributed by atoms with van der Waals surface area (Å²) in [6.45, 7) is 1.23. The third-order valence-electron chi connectivity index (χ3n) is 4.55. The predicted molar refractivity (Wildman–Crippen MR) is 111 cm³/mol. The van der Waals surface area contributed by atoms with Crippen molar-refractivity contribution in [2.75, 3.05) is 20.3 Å². The van der Waals surface area contributed by atoms with E-state index in [1.54, 1.807) is 19.3 Å². The van der Waals surface area contributed by atoms with Crippen molar-refractivity contribution in [3.63, 3.8) is 0 Å². The van der Waals surface area contributed by atoms with Crippen LogP contribution in [0.1, 0.15) is 16.7 Å². The molecule has 3 rings (SSSR count). The fraction of sp³-hybridized carbons (Fsp3) is 0.174. The molecule has 0 spiro atoms. The van der Waals surface area contributed by atoms with Crippen molar-refractivity contribution in [1.29, 1.82) is 10.5 Å². The topological polar surface area (TPSA) is 90.8 Å². The first-order valence-electron chi connectivity index (χ1n) is 9.12. The summed E-state index contributed by atoms with van der Waals surface area (Å²) in [7, 11) is 1.55. The Labute approximate surface area is 169 Å². The number of hydrogen-bond donors (Lipinski definition) is 1. The van der Waals surface area contributed by atoms with Gasteiger partial charge in [0.1, 0.15) is 11.6 Å². The number of rotatable bonds is 7. The zero-order valence-corrected chi connectivity index (χ0v) is 16.1. The van der Waals surface area contributed by atoms with Gasteiger partial charge in [-0.2, -0.15) is 10.5 Å². The van der Waals surface area contributed by atoms with Gasteiger partial charge >= 0.3 is 0 Å². The molecular weight excluding hydrogens is 364 g/mol. The van der Waals surface area contributed by atoms with Gasteiger partial charge in [-0.3, -0.25) is 4.79 Å². The molecule has 0 aliphatic rings. The lowest BCUT2D eigenvalue weighted by Crippen LogP contribution is -2.27. The first-order chi connectivity index (χ1) is 14.2. The van der Waals surface area contributed by atoms with E-state index < -0.39 is 5.91 Å². The van der Waals surface area contributed by atoms with Crippen LogP contribution in [0.4, 0.5) is 0 Å². The molecule has 0 bridgehead atoms. The summed E-state index contributed by atoms with van der Waals surface area (Å²) in [4.78, 5) is 12.3. The minimum Gasteiger partial charge on any atom is -0.383 e. The smallest absolute Gasteiger partial charge is 0.262 e. The highest BCUT2D eigenvalue weighted by Gasteiger charge is 2.13. The number of nitriles is 2. The Balaban J connectivity index is 1.99. The summed E-state index contributed by atoms with van der Waals surface area (Å²) in [5.41, 5.74) is 3.29. The number of hydrogen-bond acceptors (Lipinski definition) is 4. The second-order valence-electron chi connectivity index (χ2n) is 6.42. The van der Waals surface area contributed by atoms with Crippen molar-refractivity contribution < 1.29 is 9.53 Å². The predicted octanol–water partition coefficient (Wildman–Crippen LogP) is 3.23. The average molecular weight is 384 g/mol. The van der Waals surface area contributed by atoms with E-state index in [9.17, 15) is 15.3 Å². The maximum absolute atomic E-state index is 12.3. The van der Waals surface area contributed by atoms with E-state index in [0.29, 0.717) is 25.3 Å². The zero-order chi connectivity index (χ0) is 20.6. The van der Waals surface area contributed by atoms with E-state index in [0.717, 1.165) is 22.0 Å². The Kier molecular flexibility index (Phi) is 6.42. The molecule has 0 atom stereocenters. The minimum absolute atomic E-state index is 0.0291. The normalized spacial score (nSPS) is 11.1. The lowest BCUT2D eigenvalue weighted by molar-refractivity contribution is -0.117. The van der Waals surface area contributed by atoms with Crippen molar-refractivity contribution in [3.8, 4) is 12.1 Å². The molecule has 1 aromatic heterocycles. The van der Waals surface area contributed by atoms with Crippen LogP contribution >= 0.6 is 0 Å². The fourth-order valence-electron chi connectivity index (χ4n) is 3.14. The molecule has 0 unspecified atom stereocenters. The van der Waals surface area contributed by atoms with E-state index in [4.69, 9.17) is 4.74 Å². The number of para-hydroxylation sites is 1. The Hall–Kier alpha value is -3.87. The molecule has 1 amide bonds. The van der Waals surface area contributed by atoms with Crippen LogP contribution in [0.2, 0.25) is 0 Å². The van der Waals surface area contributed by atoms with Crippen molar-refractivity contribution in [2.45, 2.75) is 6.54 Å². The van der Waals surface area contributed by atoms with Gasteiger partial charge in [0.2, 0.25) is 0 Å². The van der Waals surface area contributed by atoms with Crippen LogP contribution in [0.5, 0.6) is 0 Å². The summed E-state index contributed by atoms with van der Waals surface area (Å²) in [6, 6.07) is 19.4. The summed E-state index contributed by atoms with van der Waals surface area (Å²) in [5.74, 6) is -0.434. The highest BCUT2D eigenvalue weighted by atomic mass is 16.5. The Bertz CT molecular complexity index is 1150. The molecule has 2 aromatic carbocycles. The number of amides is 1. The summed E-state index contributed by atoms with van der Waals surface area (Å²) >= 11 is 0. The van der Waals surface area contributed by atoms with Crippen LogP contribution in [-0.2, 0) is 16.1 Å². The number of ether oxygens (including phenoxy) is 1. The Morgan fingerprint density at radius 1 is 1.17 bits per heavy atom. The van der Waals surface area contributed by atoms with Crippen LogP contribution in [0.3, 0.4) is 0 Å². The number of fused-ring (bicyclic) bond motifs is 1. The molecule has 0 aliphatic heterocycles. The Morgan fingerprint density at radius 2 is 1.93 bits per heavy atom. The number of nitrogens with zero attached hydrogens (tertiary/aromatic N) is 3. The summed E-state index contributed by atoms with van der Waals surface area (Å²) < 4.78 is 6.94. The van der Waals surface area contributed by atoms with Crippen LogP contribution in [0.15, 0.2) is 60.3 Å². The first kappa shape index (κ1) is 19.9. The molecular formula is C23H20N4O2. The SMILES string of the molecule is COCCNC(=O)/C(C#N)=C\c1cn(Cc2ccccc2C#N)c2ccccc12. The van der Waals surface area contributed by atoms with Gasteiger partial charge in [0.05, 0.1) is 18.2 Å². The molecule has 0 saturated heterocycles. The second kappa shape index (κ2) is 9.36. The third-order valence-corrected chi connectivity index (χ3v) is 4.55. The van der Waals surface area contributed by atoms with Gasteiger partial charge in [0.15, 0.2) is 0 Å². The van der Waals surface area contributed by atoms with E-state index in [-0.39, 0.29) is 5.57 Å². The van der Waals surface area contributed by atoms with Gasteiger partial charge < -0.3 is 14.6 Å². The molecule has 0 saturated carbocycles. The molecule has 6 heteroatoms. The summed E-state index contributed by atoms with van der Waals surface area (Å²) in [5, 5.41) is 22.4. The molecule has 1 N–H and O–H groups in total. The van der Waals surface area contributed by atoms with Gasteiger partial charge in [-0.05, 0) is 23.8 Å². The lowest BCUT2D eigenvalue weighted by atomic mass is 10.1. The van der Waals surface area contributed by atoms with Crippen molar-refractivity contribution in [2.24, 2.45) is 0 Å². The molecule has 1 heterocycles. The van der Waals surface area contributed by atoms with E-state index >= 15 is 0 Å². The van der Waals surface area contributed by atoms with Crippen molar-refractivity contribution in [3.05, 3.63) is 77.0 Å². The van der Waals surface area contributed by atoms with Gasteiger partial charge in [-0.15, -0.1) is 0 Å². The standard InChI is InChI=1S/C23H20N4O2/c1-29-11-10-26-23(28)19(14-25)12-20-16-27(22-9-5-4-8-21(20)22)15-18-7-3-2-6-17(18)13-24/h2-9,12,16H,10-11,15H2,1H3,(H,26,28)/b19-12-. The van der Waals surface area contributed by atoms with Crippen molar-refractivity contribution in [1.82, 2.24) is 9.88 Å². The molecule has 144 valence electrons. The largest absolute Gasteiger partial charge is 0.383 e. The van der Waals surface area contributed by atoms with Gasteiger partial charge in [-0.25, -0.2) is 0 Å². The Morgan fingerprint density at radius 3 is 2.69 bits per heavy atom. The molecule has 0 fully saturated rings. The maximum atomic E-state index is 12.3. The monoisotopic (exact) mass is 384 g/mol. The van der Waals surface area contributed by atoms with Crippen molar-refractivity contribution >= 4 is 22.9 Å².